The molecule has 1 aromatic heterocycles. The van der Waals surface area contributed by atoms with Crippen LogP contribution in [-0.4, -0.2) is 39.8 Å². The normalized spacial score (nSPS) is 18.9. The predicted octanol–water partition coefficient (Wildman–Crippen LogP) is 2.32. The number of rotatable bonds is 6. The second-order valence-corrected chi connectivity index (χ2v) is 5.62. The second kappa shape index (κ2) is 6.98. The molecule has 1 fully saturated rings. The van der Waals surface area contributed by atoms with Crippen LogP contribution in [0.15, 0.2) is 28.8 Å². The van der Waals surface area contributed by atoms with Gasteiger partial charge < -0.3 is 9.63 Å². The Morgan fingerprint density at radius 1 is 1.32 bits per heavy atom. The number of hydrogen-bond acceptors (Lipinski definition) is 5. The van der Waals surface area contributed by atoms with E-state index in [2.05, 4.69) is 15.0 Å². The first-order chi connectivity index (χ1) is 10.8. The molecule has 2 heterocycles. The molecule has 0 saturated carbocycles. The van der Waals surface area contributed by atoms with Gasteiger partial charge in [0, 0.05) is 19.6 Å². The van der Waals surface area contributed by atoms with Gasteiger partial charge in [0.1, 0.15) is 5.82 Å². The van der Waals surface area contributed by atoms with Gasteiger partial charge in [-0.05, 0) is 43.5 Å². The highest BCUT2D eigenvalue weighted by Gasteiger charge is 2.30. The lowest BCUT2D eigenvalue weighted by Crippen LogP contribution is -2.25. The van der Waals surface area contributed by atoms with E-state index in [1.807, 2.05) is 0 Å². The third-order valence-corrected chi connectivity index (χ3v) is 4.01. The van der Waals surface area contributed by atoms with Crippen LogP contribution in [0.1, 0.15) is 42.6 Å². The zero-order valence-electron chi connectivity index (χ0n) is 12.4. The zero-order valence-corrected chi connectivity index (χ0v) is 12.4. The predicted molar refractivity (Wildman–Crippen MR) is 78.8 cm³/mol. The fourth-order valence-corrected chi connectivity index (χ4v) is 2.91. The number of benzene rings is 1. The van der Waals surface area contributed by atoms with Crippen LogP contribution in [-0.2, 0) is 6.42 Å². The van der Waals surface area contributed by atoms with Crippen molar-refractivity contribution in [3.8, 4) is 0 Å². The number of hydrogen-bond donors (Lipinski definition) is 1. The van der Waals surface area contributed by atoms with E-state index in [1.54, 1.807) is 12.1 Å². The van der Waals surface area contributed by atoms with E-state index in [4.69, 9.17) is 9.63 Å². The van der Waals surface area contributed by atoms with Crippen molar-refractivity contribution in [3.63, 3.8) is 0 Å². The Hall–Kier alpha value is -1.79. The van der Waals surface area contributed by atoms with Crippen LogP contribution in [0.3, 0.4) is 0 Å². The van der Waals surface area contributed by atoms with Gasteiger partial charge in [-0.15, -0.1) is 0 Å². The van der Waals surface area contributed by atoms with Gasteiger partial charge in [0.2, 0.25) is 5.89 Å². The van der Waals surface area contributed by atoms with Gasteiger partial charge in [-0.1, -0.05) is 17.3 Å². The van der Waals surface area contributed by atoms with Crippen molar-refractivity contribution < 1.29 is 14.0 Å². The van der Waals surface area contributed by atoms with Crippen molar-refractivity contribution in [1.82, 2.24) is 15.0 Å². The highest BCUT2D eigenvalue weighted by molar-refractivity contribution is 5.19. The van der Waals surface area contributed by atoms with E-state index in [1.165, 1.54) is 12.1 Å². The Labute approximate surface area is 128 Å². The molecule has 1 saturated heterocycles. The molecule has 0 amide bonds. The van der Waals surface area contributed by atoms with E-state index in [9.17, 15) is 4.39 Å². The van der Waals surface area contributed by atoms with Crippen LogP contribution in [0.25, 0.3) is 0 Å². The number of aliphatic hydroxyl groups is 1. The third kappa shape index (κ3) is 3.51. The number of nitrogens with zero attached hydrogens (tertiary/aromatic N) is 3. The molecule has 22 heavy (non-hydrogen) atoms. The summed E-state index contributed by atoms with van der Waals surface area (Å²) in [6.45, 7) is 2.04. The Balaban J connectivity index is 1.66. The smallest absolute Gasteiger partial charge is 0.244 e. The van der Waals surface area contributed by atoms with E-state index in [0.29, 0.717) is 18.1 Å². The van der Waals surface area contributed by atoms with Gasteiger partial charge in [0.15, 0.2) is 5.82 Å². The maximum Gasteiger partial charge on any atom is 0.244 e. The summed E-state index contributed by atoms with van der Waals surface area (Å²) < 4.78 is 18.3. The van der Waals surface area contributed by atoms with Crippen LogP contribution in [0.4, 0.5) is 4.39 Å². The summed E-state index contributed by atoms with van der Waals surface area (Å²) in [5.41, 5.74) is 0.956. The summed E-state index contributed by atoms with van der Waals surface area (Å²) in [6.07, 6.45) is 3.40. The summed E-state index contributed by atoms with van der Waals surface area (Å²) in [7, 11) is 0. The topological polar surface area (TPSA) is 62.4 Å². The maximum absolute atomic E-state index is 12.9. The van der Waals surface area contributed by atoms with Gasteiger partial charge in [-0.3, -0.25) is 4.90 Å². The van der Waals surface area contributed by atoms with E-state index in [0.717, 1.165) is 37.9 Å². The van der Waals surface area contributed by atoms with Crippen LogP contribution in [0.2, 0.25) is 0 Å². The van der Waals surface area contributed by atoms with Crippen molar-refractivity contribution in [2.75, 3.05) is 19.7 Å². The highest BCUT2D eigenvalue weighted by atomic mass is 19.1. The number of halogens is 1. The van der Waals surface area contributed by atoms with Gasteiger partial charge in [-0.2, -0.15) is 4.98 Å². The minimum absolute atomic E-state index is 0.154. The summed E-state index contributed by atoms with van der Waals surface area (Å²) in [6, 6.07) is 6.48. The molecule has 0 radical (unpaired) electrons. The lowest BCUT2D eigenvalue weighted by Gasteiger charge is -2.20. The molecule has 6 heteroatoms. The van der Waals surface area contributed by atoms with Crippen LogP contribution < -0.4 is 0 Å². The molecule has 1 aliphatic rings. The third-order valence-electron chi connectivity index (χ3n) is 4.01. The van der Waals surface area contributed by atoms with Crippen molar-refractivity contribution in [2.24, 2.45) is 0 Å². The lowest BCUT2D eigenvalue weighted by molar-refractivity contribution is 0.185. The monoisotopic (exact) mass is 305 g/mol. The Morgan fingerprint density at radius 3 is 2.91 bits per heavy atom. The van der Waals surface area contributed by atoms with Crippen LogP contribution in [0.5, 0.6) is 0 Å². The number of likely N-dealkylation sites (tertiary alicyclic amines) is 1. The van der Waals surface area contributed by atoms with Crippen molar-refractivity contribution >= 4 is 0 Å². The molecule has 1 N–H and O–H groups in total. The van der Waals surface area contributed by atoms with Gasteiger partial charge in [-0.25, -0.2) is 4.39 Å². The SMILES string of the molecule is OCCCN1CCCC1c1nc(Cc2ccc(F)cc2)no1. The van der Waals surface area contributed by atoms with E-state index < -0.39 is 0 Å². The van der Waals surface area contributed by atoms with Crippen LogP contribution >= 0.6 is 0 Å². The first-order valence-corrected chi connectivity index (χ1v) is 7.68. The quantitative estimate of drug-likeness (QED) is 0.887. The maximum atomic E-state index is 12.9. The number of aliphatic hydroxyl groups excluding tert-OH is 1. The molecular weight excluding hydrogens is 285 g/mol. The molecule has 2 aromatic rings. The summed E-state index contributed by atoms with van der Waals surface area (Å²) >= 11 is 0. The summed E-state index contributed by atoms with van der Waals surface area (Å²) in [5, 5.41) is 13.0. The first kappa shape index (κ1) is 15.1. The van der Waals surface area contributed by atoms with Gasteiger partial charge >= 0.3 is 0 Å². The second-order valence-electron chi connectivity index (χ2n) is 5.62. The minimum atomic E-state index is -0.247. The molecular formula is C16H20FN3O2. The summed E-state index contributed by atoms with van der Waals surface area (Å²) in [4.78, 5) is 6.78. The van der Waals surface area contributed by atoms with Gasteiger partial charge in [0.25, 0.3) is 0 Å². The first-order valence-electron chi connectivity index (χ1n) is 7.68. The molecule has 1 aliphatic heterocycles. The fraction of sp³-hybridized carbons (Fsp3) is 0.500. The molecule has 1 unspecified atom stereocenters. The van der Waals surface area contributed by atoms with Crippen molar-refractivity contribution in [3.05, 3.63) is 47.4 Å². The van der Waals surface area contributed by atoms with Crippen LogP contribution in [0, 0.1) is 5.82 Å². The molecule has 5 nitrogen and oxygen atoms in total. The highest BCUT2D eigenvalue weighted by Crippen LogP contribution is 2.30. The average molecular weight is 305 g/mol. The average Bonchev–Trinajstić information content (AvgIpc) is 3.16. The molecule has 3 rings (SSSR count). The van der Waals surface area contributed by atoms with Crippen molar-refractivity contribution in [1.29, 1.82) is 0 Å². The lowest BCUT2D eigenvalue weighted by atomic mass is 10.1. The fourth-order valence-electron chi connectivity index (χ4n) is 2.91. The number of aromatic nitrogens is 2. The molecule has 0 spiro atoms. The Morgan fingerprint density at radius 2 is 2.14 bits per heavy atom. The standard InChI is InChI=1S/C16H20FN3O2/c17-13-6-4-12(5-7-13)11-15-18-16(22-19-15)14-3-1-8-20(14)9-2-10-21/h4-7,14,21H,1-3,8-11H2. The molecule has 118 valence electrons. The largest absolute Gasteiger partial charge is 0.396 e. The summed E-state index contributed by atoms with van der Waals surface area (Å²) in [5.74, 6) is 1.02. The zero-order chi connectivity index (χ0) is 15.4. The molecule has 1 aromatic carbocycles. The molecule has 1 atom stereocenters. The minimum Gasteiger partial charge on any atom is -0.396 e. The van der Waals surface area contributed by atoms with E-state index in [-0.39, 0.29) is 18.5 Å². The van der Waals surface area contributed by atoms with E-state index >= 15 is 0 Å². The Bertz CT molecular complexity index is 600. The van der Waals surface area contributed by atoms with Crippen molar-refractivity contribution in [2.45, 2.75) is 31.7 Å². The van der Waals surface area contributed by atoms with Gasteiger partial charge in [0.05, 0.1) is 6.04 Å². The Kier molecular flexibility index (Phi) is 4.80. The molecule has 0 bridgehead atoms. The molecule has 0 aliphatic carbocycles.